The molecule has 0 saturated carbocycles. The Bertz CT molecular complexity index is 314. The standard InChI is InChI=1S/C6H4F3N3/c7-2-1-3(6(10)11)12-5(9)4(2)8/h1H,(H3,10,11). The second-order valence-electron chi connectivity index (χ2n) is 2.01. The lowest BCUT2D eigenvalue weighted by molar-refractivity contribution is 0.426. The lowest BCUT2D eigenvalue weighted by Crippen LogP contribution is -2.15. The number of hydrogen-bond donors (Lipinski definition) is 2. The van der Waals surface area contributed by atoms with E-state index in [0.717, 1.165) is 0 Å². The maximum atomic E-state index is 12.4. The van der Waals surface area contributed by atoms with Gasteiger partial charge in [0.1, 0.15) is 11.5 Å². The molecule has 0 radical (unpaired) electrons. The maximum absolute atomic E-state index is 12.4. The molecule has 0 aliphatic heterocycles. The van der Waals surface area contributed by atoms with E-state index in [-0.39, 0.29) is 0 Å². The Labute approximate surface area is 65.5 Å². The Kier molecular flexibility index (Phi) is 1.99. The zero-order chi connectivity index (χ0) is 9.30. The Hall–Kier alpha value is -1.59. The largest absolute Gasteiger partial charge is 0.382 e. The molecule has 0 bridgehead atoms. The summed E-state index contributed by atoms with van der Waals surface area (Å²) in [5.74, 6) is -5.29. The van der Waals surface area contributed by atoms with Crippen molar-refractivity contribution in [3.8, 4) is 0 Å². The van der Waals surface area contributed by atoms with Crippen molar-refractivity contribution in [2.45, 2.75) is 0 Å². The van der Waals surface area contributed by atoms with Gasteiger partial charge in [-0.25, -0.2) is 9.37 Å². The summed E-state index contributed by atoms with van der Waals surface area (Å²) < 4.78 is 37.0. The molecule has 1 rings (SSSR count). The summed E-state index contributed by atoms with van der Waals surface area (Å²) in [5, 5.41) is 6.76. The van der Waals surface area contributed by atoms with E-state index >= 15 is 0 Å². The van der Waals surface area contributed by atoms with E-state index in [1.807, 2.05) is 0 Å². The summed E-state index contributed by atoms with van der Waals surface area (Å²) in [6.07, 6.45) is 0. The van der Waals surface area contributed by atoms with Crippen LogP contribution in [0.5, 0.6) is 0 Å². The molecule has 0 spiro atoms. The van der Waals surface area contributed by atoms with Crippen LogP contribution in [-0.4, -0.2) is 10.8 Å². The van der Waals surface area contributed by atoms with E-state index in [4.69, 9.17) is 11.1 Å². The monoisotopic (exact) mass is 175 g/mol. The third kappa shape index (κ3) is 1.36. The van der Waals surface area contributed by atoms with Crippen LogP contribution in [0.25, 0.3) is 0 Å². The molecule has 0 aliphatic carbocycles. The average molecular weight is 175 g/mol. The van der Waals surface area contributed by atoms with Crippen LogP contribution in [0.3, 0.4) is 0 Å². The molecular formula is C6H4F3N3. The summed E-state index contributed by atoms with van der Waals surface area (Å²) in [4.78, 5) is 2.90. The normalized spacial score (nSPS) is 9.92. The second kappa shape index (κ2) is 2.80. The summed E-state index contributed by atoms with van der Waals surface area (Å²) >= 11 is 0. The Balaban J connectivity index is 3.31. The van der Waals surface area contributed by atoms with Gasteiger partial charge in [0.25, 0.3) is 5.95 Å². The fourth-order valence-electron chi connectivity index (χ4n) is 0.607. The highest BCUT2D eigenvalue weighted by atomic mass is 19.2. The molecule has 0 aliphatic rings. The first kappa shape index (κ1) is 8.51. The summed E-state index contributed by atoms with van der Waals surface area (Å²) in [5.41, 5.74) is 4.44. The van der Waals surface area contributed by atoms with Crippen LogP contribution >= 0.6 is 0 Å². The van der Waals surface area contributed by atoms with Crippen LogP contribution in [0.1, 0.15) is 5.69 Å². The van der Waals surface area contributed by atoms with Gasteiger partial charge in [0, 0.05) is 6.07 Å². The van der Waals surface area contributed by atoms with Gasteiger partial charge in [0.2, 0.25) is 5.82 Å². The van der Waals surface area contributed by atoms with Crippen molar-refractivity contribution < 1.29 is 13.2 Å². The zero-order valence-corrected chi connectivity index (χ0v) is 5.74. The molecule has 1 aromatic heterocycles. The first-order valence-corrected chi connectivity index (χ1v) is 2.88. The van der Waals surface area contributed by atoms with Crippen LogP contribution < -0.4 is 5.73 Å². The molecule has 1 heterocycles. The van der Waals surface area contributed by atoms with Crippen LogP contribution in [-0.2, 0) is 0 Å². The van der Waals surface area contributed by atoms with Gasteiger partial charge in [-0.3, -0.25) is 5.41 Å². The van der Waals surface area contributed by atoms with Crippen molar-refractivity contribution in [2.75, 3.05) is 0 Å². The van der Waals surface area contributed by atoms with Crippen molar-refractivity contribution in [3.63, 3.8) is 0 Å². The minimum Gasteiger partial charge on any atom is -0.382 e. The van der Waals surface area contributed by atoms with Gasteiger partial charge < -0.3 is 5.73 Å². The number of hydrogen-bond acceptors (Lipinski definition) is 2. The number of halogens is 3. The summed E-state index contributed by atoms with van der Waals surface area (Å²) in [6, 6.07) is 0.556. The lowest BCUT2D eigenvalue weighted by atomic mass is 10.3. The predicted octanol–water partition coefficient (Wildman–Crippen LogP) is 0.783. The quantitative estimate of drug-likeness (QED) is 0.376. The molecule has 0 aromatic carbocycles. The lowest BCUT2D eigenvalue weighted by Gasteiger charge is -1.98. The molecule has 3 N–H and O–H groups in total. The smallest absolute Gasteiger partial charge is 0.252 e. The number of pyridine rings is 1. The number of rotatable bonds is 1. The molecule has 0 fully saturated rings. The first-order valence-electron chi connectivity index (χ1n) is 2.88. The van der Waals surface area contributed by atoms with Crippen molar-refractivity contribution >= 4 is 5.84 Å². The highest BCUT2D eigenvalue weighted by Crippen LogP contribution is 2.09. The molecular weight excluding hydrogens is 171 g/mol. The molecule has 6 heteroatoms. The van der Waals surface area contributed by atoms with Crippen molar-refractivity contribution in [2.24, 2.45) is 5.73 Å². The third-order valence-corrected chi connectivity index (χ3v) is 1.15. The molecule has 1 aromatic rings. The van der Waals surface area contributed by atoms with Gasteiger partial charge in [0.05, 0.1) is 0 Å². The van der Waals surface area contributed by atoms with E-state index in [0.29, 0.717) is 6.07 Å². The highest BCUT2D eigenvalue weighted by molar-refractivity contribution is 5.92. The van der Waals surface area contributed by atoms with E-state index in [9.17, 15) is 13.2 Å². The van der Waals surface area contributed by atoms with Crippen LogP contribution in [0.4, 0.5) is 13.2 Å². The number of amidine groups is 1. The number of nitrogens with zero attached hydrogens (tertiary/aromatic N) is 1. The van der Waals surface area contributed by atoms with Crippen LogP contribution in [0.2, 0.25) is 0 Å². The minimum absolute atomic E-state index is 0.425. The molecule has 12 heavy (non-hydrogen) atoms. The third-order valence-electron chi connectivity index (χ3n) is 1.15. The van der Waals surface area contributed by atoms with E-state index < -0.39 is 29.1 Å². The summed E-state index contributed by atoms with van der Waals surface area (Å²) in [7, 11) is 0. The average Bonchev–Trinajstić information content (AvgIpc) is 1.99. The zero-order valence-electron chi connectivity index (χ0n) is 5.74. The SMILES string of the molecule is N=C(N)c1cc(F)c(F)c(F)n1. The van der Waals surface area contributed by atoms with Crippen LogP contribution in [0.15, 0.2) is 6.07 Å². The van der Waals surface area contributed by atoms with E-state index in [1.165, 1.54) is 0 Å². The van der Waals surface area contributed by atoms with Crippen molar-refractivity contribution in [3.05, 3.63) is 29.3 Å². The van der Waals surface area contributed by atoms with Gasteiger partial charge in [-0.15, -0.1) is 0 Å². The Morgan fingerprint density at radius 1 is 1.42 bits per heavy atom. The van der Waals surface area contributed by atoms with Crippen LogP contribution in [0, 0.1) is 23.0 Å². The predicted molar refractivity (Wildman–Crippen MR) is 35.1 cm³/mol. The topological polar surface area (TPSA) is 62.8 Å². The van der Waals surface area contributed by atoms with Crippen molar-refractivity contribution in [1.29, 1.82) is 5.41 Å². The fraction of sp³-hybridized carbons (Fsp3) is 0. The van der Waals surface area contributed by atoms with Gasteiger partial charge in [-0.1, -0.05) is 0 Å². The number of nitrogens with one attached hydrogen (secondary N) is 1. The number of aromatic nitrogens is 1. The number of nitrogen functional groups attached to an aromatic ring is 1. The molecule has 0 amide bonds. The van der Waals surface area contributed by atoms with Crippen molar-refractivity contribution in [1.82, 2.24) is 4.98 Å². The van der Waals surface area contributed by atoms with E-state index in [2.05, 4.69) is 4.98 Å². The molecule has 3 nitrogen and oxygen atoms in total. The first-order chi connectivity index (χ1) is 5.52. The minimum atomic E-state index is -1.67. The molecule has 64 valence electrons. The fourth-order valence-corrected chi connectivity index (χ4v) is 0.607. The van der Waals surface area contributed by atoms with E-state index in [1.54, 1.807) is 0 Å². The highest BCUT2D eigenvalue weighted by Gasteiger charge is 2.12. The van der Waals surface area contributed by atoms with Gasteiger partial charge in [-0.05, 0) is 0 Å². The maximum Gasteiger partial charge on any atom is 0.252 e. The Morgan fingerprint density at radius 2 is 2.00 bits per heavy atom. The summed E-state index contributed by atoms with van der Waals surface area (Å²) in [6.45, 7) is 0. The number of nitrogens with two attached hydrogens (primary N) is 1. The van der Waals surface area contributed by atoms with Gasteiger partial charge in [0.15, 0.2) is 5.82 Å². The van der Waals surface area contributed by atoms with Gasteiger partial charge in [-0.2, -0.15) is 8.78 Å². The van der Waals surface area contributed by atoms with Gasteiger partial charge >= 0.3 is 0 Å². The second-order valence-corrected chi connectivity index (χ2v) is 2.01. The molecule has 0 unspecified atom stereocenters. The molecule has 0 atom stereocenters. The molecule has 0 saturated heterocycles. The Morgan fingerprint density at radius 3 is 2.42 bits per heavy atom.